The molecule has 8 unspecified atom stereocenters. The van der Waals surface area contributed by atoms with Gasteiger partial charge in [0, 0.05) is 111 Å². The molecule has 8 aliphatic heterocycles. The number of benzene rings is 4. The minimum absolute atomic E-state index is 0. The van der Waals surface area contributed by atoms with Gasteiger partial charge in [-0.1, -0.05) is 113 Å². The first-order valence-electron chi connectivity index (χ1n) is 32.2. The standard InChI is InChI=1S/4C17H17ClN4O2S.9CH4.3ClH/c4*18-8-1-3-9(4-2-8)21-17(24)22-16-13(15(19)23)11-7-10-5-6-12(20-10)14(11)25-16;;;;;;;;;;;;/h4*1-4,10,12,20H,5-7H2,(H2,19,23)(H2,21,22,24);9*1H4;3*1H. The summed E-state index contributed by atoms with van der Waals surface area (Å²) in [5, 5.41) is 40.6. The Kier molecular flexibility index (Phi) is 40.6. The maximum atomic E-state index is 12.3. The van der Waals surface area contributed by atoms with Crippen molar-refractivity contribution >= 4 is 219 Å². The molecule has 0 spiro atoms. The third-order valence-electron chi connectivity index (χ3n) is 18.5. The number of amides is 12. The normalized spacial score (nSPS) is 18.6. The summed E-state index contributed by atoms with van der Waals surface area (Å²) in [6, 6.07) is 28.1. The van der Waals surface area contributed by atoms with E-state index in [0.717, 1.165) is 119 Å². The number of primary amides is 4. The number of rotatable bonds is 12. The average Bonchev–Trinajstić information content (AvgIpc) is 1.63. The number of urea groups is 4. The van der Waals surface area contributed by atoms with Crippen molar-refractivity contribution in [1.29, 1.82) is 0 Å². The summed E-state index contributed by atoms with van der Waals surface area (Å²) >= 11 is 29.1. The van der Waals surface area contributed by atoms with Crippen LogP contribution in [0.3, 0.4) is 0 Å². The molecule has 0 saturated carbocycles. The second-order valence-electron chi connectivity index (χ2n) is 25.2. The third-order valence-corrected chi connectivity index (χ3v) is 24.5. The van der Waals surface area contributed by atoms with Crippen LogP contribution in [0, 0.1) is 0 Å². The number of thiophene rings is 4. The number of hydrogen-bond donors (Lipinski definition) is 16. The lowest BCUT2D eigenvalue weighted by molar-refractivity contribution is 0.0991. The van der Waals surface area contributed by atoms with E-state index in [4.69, 9.17) is 69.3 Å². The molecule has 8 atom stereocenters. The Morgan fingerprint density at radius 3 is 0.616 bits per heavy atom. The number of halogens is 7. The summed E-state index contributed by atoms with van der Waals surface area (Å²) in [5.74, 6) is -2.00. The Labute approximate surface area is 712 Å². The van der Waals surface area contributed by atoms with Crippen molar-refractivity contribution in [3.8, 4) is 0 Å². The van der Waals surface area contributed by atoms with Gasteiger partial charge < -0.3 is 65.5 Å². The van der Waals surface area contributed by atoms with Crippen LogP contribution in [0.2, 0.25) is 20.1 Å². The van der Waals surface area contributed by atoms with E-state index in [-0.39, 0.29) is 128 Å². The van der Waals surface area contributed by atoms with E-state index in [9.17, 15) is 38.4 Å². The SMILES string of the molecule is C.C.C.C.C.C.C.C.C.Cl.Cl.Cl.NC(=O)c1c(NC(=O)Nc2ccc(Cl)cc2)sc2c1CC1CCC2N1.NC(=O)c1c(NC(=O)Nc2ccc(Cl)cc2)sc2c1CC1CCC2N1.NC(=O)c1c(NC(=O)Nc2ccc(Cl)cc2)sc2c1CC1CCC2N1.NC(=O)c1c(NC(=O)Nc2ccc(Cl)cc2)sc2c1CC1CCC2N1. The maximum absolute atomic E-state index is 12.3. The van der Waals surface area contributed by atoms with E-state index >= 15 is 0 Å². The highest BCUT2D eigenvalue weighted by Crippen LogP contribution is 2.50. The second kappa shape index (κ2) is 44.4. The van der Waals surface area contributed by atoms with Crippen LogP contribution in [0.4, 0.5) is 61.9 Å². The minimum Gasteiger partial charge on any atom is -0.365 e. The van der Waals surface area contributed by atoms with E-state index in [1.165, 1.54) is 45.3 Å². The van der Waals surface area contributed by atoms with Crippen molar-refractivity contribution in [3.05, 3.63) is 181 Å². The fourth-order valence-corrected chi connectivity index (χ4v) is 20.0. The minimum atomic E-state index is -0.499. The maximum Gasteiger partial charge on any atom is 0.324 e. The van der Waals surface area contributed by atoms with Crippen molar-refractivity contribution in [3.63, 3.8) is 0 Å². The summed E-state index contributed by atoms with van der Waals surface area (Å²) in [6.07, 6.45) is 11.7. The topological polar surface area (TPSA) is 385 Å². The number of hydrogen-bond acceptors (Lipinski definition) is 16. The van der Waals surface area contributed by atoms with Gasteiger partial charge in [-0.3, -0.25) is 40.4 Å². The fourth-order valence-electron chi connectivity index (χ4n) is 14.2. The van der Waals surface area contributed by atoms with Crippen LogP contribution in [0.25, 0.3) is 0 Å². The molecule has 0 radical (unpaired) electrons. The van der Waals surface area contributed by atoms with Gasteiger partial charge in [-0.25, -0.2) is 19.2 Å². The summed E-state index contributed by atoms with van der Waals surface area (Å²) in [6.45, 7) is 0. The Morgan fingerprint density at radius 1 is 0.286 bits per heavy atom. The van der Waals surface area contributed by atoms with Crippen LogP contribution in [0.1, 0.15) is 226 Å². The summed E-state index contributed by atoms with van der Waals surface area (Å²) in [4.78, 5) is 102. The van der Waals surface area contributed by atoms with E-state index in [1.807, 2.05) is 0 Å². The zero-order chi connectivity index (χ0) is 70.2. The van der Waals surface area contributed by atoms with Gasteiger partial charge in [0.15, 0.2) is 0 Å². The molecule has 112 heavy (non-hydrogen) atoms. The molecule has 8 aliphatic rings. The first kappa shape index (κ1) is 103. The van der Waals surface area contributed by atoms with E-state index < -0.39 is 47.8 Å². The van der Waals surface area contributed by atoms with Crippen LogP contribution in [0.15, 0.2) is 97.1 Å². The smallest absolute Gasteiger partial charge is 0.324 e. The Hall–Kier alpha value is -7.49. The molecule has 4 aromatic carbocycles. The predicted molar refractivity (Wildman–Crippen MR) is 480 cm³/mol. The summed E-state index contributed by atoms with van der Waals surface area (Å²) in [5.41, 5.74) is 30.6. The van der Waals surface area contributed by atoms with Crippen molar-refractivity contribution in [2.24, 2.45) is 22.9 Å². The van der Waals surface area contributed by atoms with Gasteiger partial charge in [0.25, 0.3) is 23.6 Å². The number of fused-ring (bicyclic) bond motifs is 16. The Balaban J connectivity index is 0.000000721. The lowest BCUT2D eigenvalue weighted by Crippen LogP contribution is -2.32. The molecule has 4 aromatic heterocycles. The predicted octanol–water partition coefficient (Wildman–Crippen LogP) is 21.0. The van der Waals surface area contributed by atoms with E-state index in [0.29, 0.717) is 109 Å². The van der Waals surface area contributed by atoms with E-state index in [2.05, 4.69) is 63.8 Å². The highest BCUT2D eigenvalue weighted by atomic mass is 35.5. The molecule has 12 amide bonds. The molecule has 24 nitrogen and oxygen atoms in total. The monoisotopic (exact) mass is 1760 g/mol. The zero-order valence-corrected chi connectivity index (χ0v) is 63.0. The Morgan fingerprint density at radius 2 is 0.455 bits per heavy atom. The van der Waals surface area contributed by atoms with Crippen LogP contribution in [-0.2, 0) is 25.7 Å². The second-order valence-corrected chi connectivity index (χ2v) is 31.1. The number of anilines is 8. The molecule has 35 heteroatoms. The molecule has 616 valence electrons. The van der Waals surface area contributed by atoms with E-state index in [1.54, 1.807) is 97.1 Å². The van der Waals surface area contributed by atoms with Gasteiger partial charge in [-0.15, -0.1) is 82.6 Å². The molecule has 0 aliphatic carbocycles. The number of carbonyl (C=O) groups excluding carboxylic acids is 8. The molecule has 20 N–H and O–H groups in total. The van der Waals surface area contributed by atoms with Gasteiger partial charge in [0.2, 0.25) is 0 Å². The molecule has 8 bridgehead atoms. The van der Waals surface area contributed by atoms with Crippen LogP contribution in [0.5, 0.6) is 0 Å². The van der Waals surface area contributed by atoms with Crippen molar-refractivity contribution in [2.75, 3.05) is 42.5 Å². The molecule has 8 aromatic rings. The van der Waals surface area contributed by atoms with Crippen LogP contribution < -0.4 is 86.7 Å². The zero-order valence-electron chi connectivity index (χ0n) is 54.3. The first-order valence-corrected chi connectivity index (χ1v) is 37.0. The molecule has 12 heterocycles. The Bertz CT molecular complexity index is 3980. The highest BCUT2D eigenvalue weighted by Gasteiger charge is 2.42. The van der Waals surface area contributed by atoms with Gasteiger partial charge in [-0.2, -0.15) is 0 Å². The van der Waals surface area contributed by atoms with Crippen molar-refractivity contribution in [1.82, 2.24) is 21.3 Å². The summed E-state index contributed by atoms with van der Waals surface area (Å²) in [7, 11) is 0. The molecular weight excluding hydrogens is 1650 g/mol. The van der Waals surface area contributed by atoms with Gasteiger partial charge in [0.1, 0.15) is 20.0 Å². The number of nitrogens with one attached hydrogen (secondary N) is 12. The van der Waals surface area contributed by atoms with Gasteiger partial charge in [-0.05, 0) is 196 Å². The largest absolute Gasteiger partial charge is 0.365 e. The van der Waals surface area contributed by atoms with Crippen molar-refractivity contribution < 1.29 is 38.4 Å². The van der Waals surface area contributed by atoms with Gasteiger partial charge >= 0.3 is 24.1 Å². The number of nitrogens with two attached hydrogens (primary N) is 4. The first-order chi connectivity index (χ1) is 48.0. The highest BCUT2D eigenvalue weighted by molar-refractivity contribution is 7.18. The molecule has 4 saturated heterocycles. The average molecular weight is 1760 g/mol. The lowest BCUT2D eigenvalue weighted by Gasteiger charge is -2.21. The van der Waals surface area contributed by atoms with Crippen LogP contribution >= 0.6 is 129 Å². The number of carbonyl (C=O) groups is 8. The third kappa shape index (κ3) is 23.4. The van der Waals surface area contributed by atoms with Gasteiger partial charge in [0.05, 0.1) is 22.3 Å². The lowest BCUT2D eigenvalue weighted by atomic mass is 9.98. The molecule has 4 fully saturated rings. The van der Waals surface area contributed by atoms with Crippen molar-refractivity contribution in [2.45, 2.75) is 192 Å². The molecule has 16 rings (SSSR count). The molecular formula is C77H107Cl7N16O8S4. The quantitative estimate of drug-likeness (QED) is 0.0543. The fraction of sp³-hybridized carbons (Fsp3) is 0.377. The van der Waals surface area contributed by atoms with Crippen LogP contribution in [-0.4, -0.2) is 71.9 Å². The summed E-state index contributed by atoms with van der Waals surface area (Å²) < 4.78 is 0.